The standard InChI is InChI=1S/C14H11ClF2O2/c15-13-6-12(17)2-1-9(13)8-19-14-4-3-11(16)5-10(14)7-18/h1-6,18H,7-8H2. The molecule has 100 valence electrons. The first-order chi connectivity index (χ1) is 9.10. The summed E-state index contributed by atoms with van der Waals surface area (Å²) in [5.74, 6) is -0.507. The van der Waals surface area contributed by atoms with Gasteiger partial charge in [0.1, 0.15) is 24.0 Å². The Labute approximate surface area is 114 Å². The zero-order valence-corrected chi connectivity index (χ0v) is 10.6. The third-order valence-corrected chi connectivity index (χ3v) is 2.94. The number of benzene rings is 2. The summed E-state index contributed by atoms with van der Waals surface area (Å²) >= 11 is 5.87. The van der Waals surface area contributed by atoms with Crippen molar-refractivity contribution >= 4 is 11.6 Å². The van der Waals surface area contributed by atoms with E-state index in [2.05, 4.69) is 0 Å². The van der Waals surface area contributed by atoms with Crippen LogP contribution in [0.3, 0.4) is 0 Å². The molecular formula is C14H11ClF2O2. The molecule has 19 heavy (non-hydrogen) atoms. The highest BCUT2D eigenvalue weighted by molar-refractivity contribution is 6.31. The third kappa shape index (κ3) is 3.43. The summed E-state index contributed by atoms with van der Waals surface area (Å²) < 4.78 is 31.3. The Hall–Kier alpha value is -1.65. The second kappa shape index (κ2) is 5.99. The number of hydrogen-bond donors (Lipinski definition) is 1. The third-order valence-electron chi connectivity index (χ3n) is 2.59. The van der Waals surface area contributed by atoms with Crippen molar-refractivity contribution in [1.29, 1.82) is 0 Å². The number of rotatable bonds is 4. The molecule has 2 nitrogen and oxygen atoms in total. The van der Waals surface area contributed by atoms with Crippen LogP contribution >= 0.6 is 11.6 Å². The Balaban J connectivity index is 2.14. The number of aliphatic hydroxyl groups is 1. The van der Waals surface area contributed by atoms with E-state index in [0.29, 0.717) is 16.9 Å². The summed E-state index contributed by atoms with van der Waals surface area (Å²) in [6.45, 7) is -0.220. The lowest BCUT2D eigenvalue weighted by Crippen LogP contribution is -2.00. The van der Waals surface area contributed by atoms with Crippen LogP contribution in [0, 0.1) is 11.6 Å². The molecule has 0 unspecified atom stereocenters. The predicted octanol–water partition coefficient (Wildman–Crippen LogP) is 3.69. The van der Waals surface area contributed by atoms with Crippen LogP contribution in [-0.2, 0) is 13.2 Å². The van der Waals surface area contributed by atoms with Gasteiger partial charge in [0.15, 0.2) is 0 Å². The normalized spacial score (nSPS) is 10.5. The predicted molar refractivity (Wildman–Crippen MR) is 68.1 cm³/mol. The smallest absolute Gasteiger partial charge is 0.125 e. The fraction of sp³-hybridized carbons (Fsp3) is 0.143. The number of aliphatic hydroxyl groups excluding tert-OH is 1. The maximum absolute atomic E-state index is 13.0. The summed E-state index contributed by atoms with van der Waals surface area (Å²) in [6.07, 6.45) is 0. The van der Waals surface area contributed by atoms with Crippen molar-refractivity contribution in [3.05, 3.63) is 64.2 Å². The zero-order chi connectivity index (χ0) is 13.8. The summed E-state index contributed by atoms with van der Waals surface area (Å²) in [5.41, 5.74) is 0.953. The van der Waals surface area contributed by atoms with Gasteiger partial charge in [0.05, 0.1) is 11.6 Å². The lowest BCUT2D eigenvalue weighted by molar-refractivity contribution is 0.258. The van der Waals surface area contributed by atoms with Gasteiger partial charge in [0, 0.05) is 11.1 Å². The Morgan fingerprint density at radius 1 is 1.00 bits per heavy atom. The van der Waals surface area contributed by atoms with E-state index in [1.807, 2.05) is 0 Å². The highest BCUT2D eigenvalue weighted by Gasteiger charge is 2.07. The van der Waals surface area contributed by atoms with E-state index in [4.69, 9.17) is 21.4 Å². The molecule has 0 saturated carbocycles. The van der Waals surface area contributed by atoms with Crippen LogP contribution in [0.15, 0.2) is 36.4 Å². The van der Waals surface area contributed by atoms with Crippen LogP contribution in [0.5, 0.6) is 5.75 Å². The molecular weight excluding hydrogens is 274 g/mol. The highest BCUT2D eigenvalue weighted by atomic mass is 35.5. The second-order valence-electron chi connectivity index (χ2n) is 3.93. The molecule has 0 spiro atoms. The molecule has 0 aromatic heterocycles. The Bertz CT molecular complexity index is 588. The van der Waals surface area contributed by atoms with Crippen molar-refractivity contribution in [2.45, 2.75) is 13.2 Å². The van der Waals surface area contributed by atoms with Gasteiger partial charge in [-0.25, -0.2) is 8.78 Å². The lowest BCUT2D eigenvalue weighted by Gasteiger charge is -2.11. The molecule has 5 heteroatoms. The average molecular weight is 285 g/mol. The minimum atomic E-state index is -0.448. The van der Waals surface area contributed by atoms with Gasteiger partial charge in [0.2, 0.25) is 0 Å². The molecule has 0 heterocycles. The first-order valence-corrected chi connectivity index (χ1v) is 5.94. The summed E-state index contributed by atoms with van der Waals surface area (Å²) in [4.78, 5) is 0. The molecule has 2 aromatic carbocycles. The van der Waals surface area contributed by atoms with Crippen LogP contribution in [0.25, 0.3) is 0 Å². The Kier molecular flexibility index (Phi) is 4.35. The monoisotopic (exact) mass is 284 g/mol. The maximum Gasteiger partial charge on any atom is 0.125 e. The van der Waals surface area contributed by atoms with Crippen LogP contribution in [0.4, 0.5) is 8.78 Å². The van der Waals surface area contributed by atoms with Gasteiger partial charge in [-0.2, -0.15) is 0 Å². The summed E-state index contributed by atoms with van der Waals surface area (Å²) in [6, 6.07) is 7.85. The van der Waals surface area contributed by atoms with Gasteiger partial charge < -0.3 is 9.84 Å². The molecule has 1 N–H and O–H groups in total. The van der Waals surface area contributed by atoms with E-state index in [0.717, 1.165) is 0 Å². The summed E-state index contributed by atoms with van der Waals surface area (Å²) in [5, 5.41) is 9.37. The van der Waals surface area contributed by atoms with Gasteiger partial charge in [-0.1, -0.05) is 17.7 Å². The quantitative estimate of drug-likeness (QED) is 0.928. The molecule has 0 fully saturated rings. The first-order valence-electron chi connectivity index (χ1n) is 5.56. The van der Waals surface area contributed by atoms with E-state index < -0.39 is 11.6 Å². The molecule has 0 aliphatic heterocycles. The van der Waals surface area contributed by atoms with Gasteiger partial charge in [-0.3, -0.25) is 0 Å². The number of hydrogen-bond acceptors (Lipinski definition) is 2. The van der Waals surface area contributed by atoms with Crippen LogP contribution in [0.2, 0.25) is 5.02 Å². The molecule has 0 amide bonds. The molecule has 2 rings (SSSR count). The van der Waals surface area contributed by atoms with Crippen molar-refractivity contribution < 1.29 is 18.6 Å². The van der Waals surface area contributed by atoms with E-state index >= 15 is 0 Å². The largest absolute Gasteiger partial charge is 0.488 e. The second-order valence-corrected chi connectivity index (χ2v) is 4.34. The number of halogens is 3. The van der Waals surface area contributed by atoms with E-state index in [-0.39, 0.29) is 18.2 Å². The Morgan fingerprint density at radius 3 is 2.37 bits per heavy atom. The molecule has 0 atom stereocenters. The van der Waals surface area contributed by atoms with Gasteiger partial charge in [-0.05, 0) is 30.3 Å². The molecule has 0 aliphatic rings. The van der Waals surface area contributed by atoms with Crippen molar-refractivity contribution in [2.75, 3.05) is 0 Å². The van der Waals surface area contributed by atoms with Crippen LogP contribution in [-0.4, -0.2) is 5.11 Å². The molecule has 0 saturated heterocycles. The SMILES string of the molecule is OCc1cc(F)ccc1OCc1ccc(F)cc1Cl. The van der Waals surface area contributed by atoms with E-state index in [1.165, 1.54) is 36.4 Å². The molecule has 0 bridgehead atoms. The lowest BCUT2D eigenvalue weighted by atomic mass is 10.2. The van der Waals surface area contributed by atoms with Gasteiger partial charge in [-0.15, -0.1) is 0 Å². The minimum absolute atomic E-state index is 0.109. The number of ether oxygens (including phenoxy) is 1. The zero-order valence-electron chi connectivity index (χ0n) is 9.87. The fourth-order valence-electron chi connectivity index (χ4n) is 1.61. The maximum atomic E-state index is 13.0. The van der Waals surface area contributed by atoms with Gasteiger partial charge >= 0.3 is 0 Å². The highest BCUT2D eigenvalue weighted by Crippen LogP contribution is 2.23. The van der Waals surface area contributed by atoms with Crippen LogP contribution < -0.4 is 4.74 Å². The summed E-state index contributed by atoms with van der Waals surface area (Å²) in [7, 11) is 0. The average Bonchev–Trinajstić information content (AvgIpc) is 2.39. The van der Waals surface area contributed by atoms with Crippen molar-refractivity contribution in [3.8, 4) is 5.75 Å². The van der Waals surface area contributed by atoms with Crippen molar-refractivity contribution in [3.63, 3.8) is 0 Å². The van der Waals surface area contributed by atoms with Crippen molar-refractivity contribution in [2.24, 2.45) is 0 Å². The van der Waals surface area contributed by atoms with Gasteiger partial charge in [0.25, 0.3) is 0 Å². The van der Waals surface area contributed by atoms with E-state index in [1.54, 1.807) is 0 Å². The Morgan fingerprint density at radius 2 is 1.68 bits per heavy atom. The molecule has 2 aromatic rings. The van der Waals surface area contributed by atoms with E-state index in [9.17, 15) is 8.78 Å². The van der Waals surface area contributed by atoms with Crippen LogP contribution in [0.1, 0.15) is 11.1 Å². The molecule has 0 radical (unpaired) electrons. The fourth-order valence-corrected chi connectivity index (χ4v) is 1.83. The topological polar surface area (TPSA) is 29.5 Å². The minimum Gasteiger partial charge on any atom is -0.488 e. The molecule has 0 aliphatic carbocycles. The van der Waals surface area contributed by atoms with Crippen molar-refractivity contribution in [1.82, 2.24) is 0 Å². The first kappa shape index (κ1) is 13.8.